The quantitative estimate of drug-likeness (QED) is 0.610. The second kappa shape index (κ2) is 8.57. The smallest absolute Gasteiger partial charge is 0.410 e. The maximum Gasteiger partial charge on any atom is 0.410 e. The molecule has 1 aliphatic rings. The fraction of sp³-hybridized carbons (Fsp3) is 0.476. The van der Waals surface area contributed by atoms with Gasteiger partial charge < -0.3 is 20.3 Å². The zero-order chi connectivity index (χ0) is 20.3. The Morgan fingerprint density at radius 2 is 1.79 bits per heavy atom. The van der Waals surface area contributed by atoms with Crippen molar-refractivity contribution in [1.29, 1.82) is 0 Å². The van der Waals surface area contributed by atoms with E-state index in [9.17, 15) is 4.79 Å². The van der Waals surface area contributed by atoms with Crippen LogP contribution in [0.4, 0.5) is 16.2 Å². The van der Waals surface area contributed by atoms with Crippen molar-refractivity contribution >= 4 is 41.9 Å². The van der Waals surface area contributed by atoms with Crippen LogP contribution in [0.15, 0.2) is 30.3 Å². The Morgan fingerprint density at radius 1 is 1.14 bits per heavy atom. The zero-order valence-electron chi connectivity index (χ0n) is 16.6. The van der Waals surface area contributed by atoms with Crippen LogP contribution in [0.3, 0.4) is 0 Å². The van der Waals surface area contributed by atoms with Gasteiger partial charge in [-0.1, -0.05) is 54.8 Å². The van der Waals surface area contributed by atoms with E-state index in [1.807, 2.05) is 43.9 Å². The number of hydrogen-bond donors (Lipinski definition) is 2. The zero-order valence-corrected chi connectivity index (χ0v) is 18.2. The Hall–Kier alpha value is -1.99. The lowest BCUT2D eigenvalue weighted by Crippen LogP contribution is -2.42. The summed E-state index contributed by atoms with van der Waals surface area (Å²) >= 11 is 10.8. The van der Waals surface area contributed by atoms with Gasteiger partial charge in [-0.25, -0.2) is 4.79 Å². The Kier molecular flexibility index (Phi) is 6.35. The lowest BCUT2D eigenvalue weighted by atomic mass is 10.1. The first-order valence-electron chi connectivity index (χ1n) is 9.61. The van der Waals surface area contributed by atoms with Gasteiger partial charge in [0.25, 0.3) is 0 Å². The van der Waals surface area contributed by atoms with Gasteiger partial charge in [-0.3, -0.25) is 0 Å². The van der Waals surface area contributed by atoms with Crippen LogP contribution in [0, 0.1) is 9.02 Å². The third kappa shape index (κ3) is 4.89. The van der Waals surface area contributed by atoms with E-state index < -0.39 is 5.60 Å². The van der Waals surface area contributed by atoms with Crippen LogP contribution in [0.1, 0.15) is 39.2 Å². The molecule has 2 aromatic carbocycles. The Labute approximate surface area is 176 Å². The molecule has 0 spiro atoms. The van der Waals surface area contributed by atoms with Crippen LogP contribution >= 0.6 is 24.4 Å². The van der Waals surface area contributed by atoms with E-state index in [0.29, 0.717) is 22.1 Å². The lowest BCUT2D eigenvalue weighted by molar-refractivity contribution is 0.0235. The van der Waals surface area contributed by atoms with Crippen LogP contribution in [-0.4, -0.2) is 35.7 Å². The molecule has 1 amide bonds. The molecule has 1 heterocycles. The molecule has 2 N–H and O–H groups in total. The van der Waals surface area contributed by atoms with Gasteiger partial charge in [0, 0.05) is 19.6 Å². The number of amides is 1. The number of hydrogen-bond acceptors (Lipinski definition) is 6. The summed E-state index contributed by atoms with van der Waals surface area (Å²) in [5.74, 6) is 0. The van der Waals surface area contributed by atoms with Crippen molar-refractivity contribution in [2.45, 2.75) is 51.8 Å². The predicted octanol–water partition coefficient (Wildman–Crippen LogP) is 5.44. The van der Waals surface area contributed by atoms with Crippen LogP contribution in [0.5, 0.6) is 0 Å². The number of nitrogens with one attached hydrogen (secondary N) is 2. The third-order valence-corrected chi connectivity index (χ3v) is 5.69. The molecule has 150 valence electrons. The van der Waals surface area contributed by atoms with E-state index >= 15 is 0 Å². The van der Waals surface area contributed by atoms with Gasteiger partial charge >= 0.3 is 6.09 Å². The summed E-state index contributed by atoms with van der Waals surface area (Å²) in [7, 11) is 0. The van der Waals surface area contributed by atoms with E-state index in [0.717, 1.165) is 30.8 Å². The molecule has 0 saturated carbocycles. The van der Waals surface area contributed by atoms with Gasteiger partial charge in [0.15, 0.2) is 0 Å². The average Bonchev–Trinajstić information content (AvgIpc) is 3.11. The van der Waals surface area contributed by atoms with Crippen LogP contribution < -0.4 is 10.6 Å². The van der Waals surface area contributed by atoms with Gasteiger partial charge in [-0.15, -0.1) is 0 Å². The first-order chi connectivity index (χ1) is 13.3. The number of likely N-dealkylation sites (tertiary alicyclic amines) is 1. The highest BCUT2D eigenvalue weighted by Crippen LogP contribution is 2.33. The van der Waals surface area contributed by atoms with Gasteiger partial charge in [0.2, 0.25) is 0 Å². The molecule has 5 nitrogen and oxygen atoms in total. The molecule has 0 aliphatic carbocycles. The van der Waals surface area contributed by atoms with Crippen molar-refractivity contribution in [3.05, 3.63) is 44.9 Å². The van der Waals surface area contributed by atoms with Crippen molar-refractivity contribution < 1.29 is 9.53 Å². The molecular formula is C21H27N3O2S2. The second-order valence-corrected chi connectivity index (χ2v) is 8.91. The van der Waals surface area contributed by atoms with E-state index in [2.05, 4.69) is 22.8 Å². The van der Waals surface area contributed by atoms with Gasteiger partial charge in [-0.2, -0.15) is 0 Å². The highest BCUT2D eigenvalue weighted by molar-refractivity contribution is 7.74. The Balaban J connectivity index is 1.60. The first kappa shape index (κ1) is 20.7. The van der Waals surface area contributed by atoms with Crippen LogP contribution in [-0.2, 0) is 11.3 Å². The summed E-state index contributed by atoms with van der Waals surface area (Å²) < 4.78 is 6.92. The number of anilines is 2. The Morgan fingerprint density at radius 3 is 2.43 bits per heavy atom. The SMILES string of the molecule is CC(C)(C)OC(=O)N1CCC[C@H]1CNc1c(NCc2ccccc2)c(=S)c1=S. The normalized spacial score (nSPS) is 17.0. The number of nitrogens with zero attached hydrogens (tertiary/aromatic N) is 1. The lowest BCUT2D eigenvalue weighted by Gasteiger charge is -2.29. The highest BCUT2D eigenvalue weighted by atomic mass is 32.1. The van der Waals surface area contributed by atoms with Crippen molar-refractivity contribution in [3.63, 3.8) is 0 Å². The number of ether oxygens (including phenoxy) is 1. The molecule has 1 saturated heterocycles. The van der Waals surface area contributed by atoms with Crippen LogP contribution in [0.25, 0.3) is 0 Å². The maximum atomic E-state index is 12.4. The number of benzene rings is 1. The maximum absolute atomic E-state index is 12.4. The summed E-state index contributed by atoms with van der Waals surface area (Å²) in [6.07, 6.45) is 1.68. The molecule has 7 heteroatoms. The minimum absolute atomic E-state index is 0.0923. The van der Waals surface area contributed by atoms with Gasteiger partial charge in [-0.05, 0) is 39.2 Å². The van der Waals surface area contributed by atoms with Crippen molar-refractivity contribution in [2.24, 2.45) is 0 Å². The molecule has 1 fully saturated rings. The largest absolute Gasteiger partial charge is 0.444 e. The molecule has 0 radical (unpaired) electrons. The minimum atomic E-state index is -0.490. The minimum Gasteiger partial charge on any atom is -0.444 e. The molecule has 28 heavy (non-hydrogen) atoms. The number of rotatable bonds is 6. The summed E-state index contributed by atoms with van der Waals surface area (Å²) in [5, 5.41) is 6.80. The van der Waals surface area contributed by atoms with Gasteiger partial charge in [0.1, 0.15) is 5.60 Å². The predicted molar refractivity (Wildman–Crippen MR) is 119 cm³/mol. The van der Waals surface area contributed by atoms with Crippen molar-refractivity contribution in [2.75, 3.05) is 23.7 Å². The van der Waals surface area contributed by atoms with E-state index in [-0.39, 0.29) is 12.1 Å². The number of carbonyl (C=O) groups is 1. The average molecular weight is 418 g/mol. The van der Waals surface area contributed by atoms with Gasteiger partial charge in [0.05, 0.1) is 26.4 Å². The summed E-state index contributed by atoms with van der Waals surface area (Å²) in [6, 6.07) is 10.3. The van der Waals surface area contributed by atoms with Crippen LogP contribution in [0.2, 0.25) is 0 Å². The third-order valence-electron chi connectivity index (χ3n) is 4.74. The fourth-order valence-electron chi connectivity index (χ4n) is 3.34. The van der Waals surface area contributed by atoms with Crippen molar-refractivity contribution in [3.8, 4) is 0 Å². The Bertz CT molecular complexity index is 899. The summed E-state index contributed by atoms with van der Waals surface area (Å²) in [4.78, 5) is 14.3. The monoisotopic (exact) mass is 417 g/mol. The molecule has 0 unspecified atom stereocenters. The molecule has 0 aromatic heterocycles. The molecule has 0 bridgehead atoms. The van der Waals surface area contributed by atoms with E-state index in [1.54, 1.807) is 0 Å². The molecule has 2 aromatic rings. The topological polar surface area (TPSA) is 53.6 Å². The molecular weight excluding hydrogens is 390 g/mol. The molecule has 1 atom stereocenters. The first-order valence-corrected chi connectivity index (χ1v) is 10.4. The molecule has 1 aliphatic heterocycles. The molecule has 3 rings (SSSR count). The van der Waals surface area contributed by atoms with Crippen molar-refractivity contribution in [1.82, 2.24) is 4.90 Å². The van der Waals surface area contributed by atoms with E-state index in [1.165, 1.54) is 5.56 Å². The summed E-state index contributed by atoms with van der Waals surface area (Å²) in [6.45, 7) is 7.71. The number of carbonyl (C=O) groups excluding carboxylic acids is 1. The summed E-state index contributed by atoms with van der Waals surface area (Å²) in [5.41, 5.74) is 2.47. The highest BCUT2D eigenvalue weighted by Gasteiger charge is 2.32. The standard InChI is InChI=1S/C21H27N3O2S2/c1-21(2,3)26-20(25)24-11-7-10-15(24)13-23-17-16(18(27)19(17)28)22-12-14-8-5-4-6-9-14/h4-6,8-9,15,22-23H,7,10-13H2,1-3H3/t15-/m0/s1. The fourth-order valence-corrected chi connectivity index (χ4v) is 3.90. The second-order valence-electron chi connectivity index (χ2n) is 8.10. The van der Waals surface area contributed by atoms with E-state index in [4.69, 9.17) is 29.2 Å².